The van der Waals surface area contributed by atoms with Crippen molar-refractivity contribution in [2.45, 2.75) is 55.0 Å². The van der Waals surface area contributed by atoms with Gasteiger partial charge in [-0.2, -0.15) is 5.10 Å². The first-order valence-corrected chi connectivity index (χ1v) is 9.54. The SMILES string of the molecule is CC.CC.CC.[B]c1nnc(NCc2ccccc2)c2cc(C)ccc12.[V]. The number of aryl methyl sites for hydroxylation is 1. The normalized spacial score (nSPS) is 8.56. The Bertz CT molecular complexity index is 749. The molecule has 1 heterocycles. The second-order valence-electron chi connectivity index (χ2n) is 4.82. The van der Waals surface area contributed by atoms with Crippen LogP contribution in [0.5, 0.6) is 0 Å². The smallest absolute Gasteiger partial charge is 0.156 e. The maximum Gasteiger partial charge on any atom is 0.156 e. The van der Waals surface area contributed by atoms with Gasteiger partial charge < -0.3 is 5.32 Å². The van der Waals surface area contributed by atoms with Crippen LogP contribution >= 0.6 is 0 Å². The Kier molecular flexibility index (Phi) is 16.7. The van der Waals surface area contributed by atoms with Crippen LogP contribution < -0.4 is 10.9 Å². The fourth-order valence-corrected chi connectivity index (χ4v) is 2.20. The summed E-state index contributed by atoms with van der Waals surface area (Å²) in [6.07, 6.45) is 0. The van der Waals surface area contributed by atoms with Crippen LogP contribution in [0.3, 0.4) is 0 Å². The molecule has 27 heavy (non-hydrogen) atoms. The largest absolute Gasteiger partial charge is 0.364 e. The van der Waals surface area contributed by atoms with Crippen LogP contribution in [0.4, 0.5) is 5.82 Å². The van der Waals surface area contributed by atoms with Crippen LogP contribution in [0.15, 0.2) is 48.5 Å². The first kappa shape index (κ1) is 27.4. The van der Waals surface area contributed by atoms with Gasteiger partial charge in [0, 0.05) is 36.1 Å². The molecule has 0 saturated carbocycles. The van der Waals surface area contributed by atoms with E-state index in [1.54, 1.807) is 0 Å². The van der Waals surface area contributed by atoms with Gasteiger partial charge in [0.1, 0.15) is 7.85 Å². The Labute approximate surface area is 178 Å². The molecule has 0 fully saturated rings. The predicted octanol–water partition coefficient (Wildman–Crippen LogP) is 5.42. The molecule has 0 aliphatic heterocycles. The van der Waals surface area contributed by atoms with Crippen molar-refractivity contribution in [2.24, 2.45) is 0 Å². The molecule has 5 heteroatoms. The van der Waals surface area contributed by atoms with Crippen molar-refractivity contribution < 1.29 is 18.6 Å². The summed E-state index contributed by atoms with van der Waals surface area (Å²) in [6.45, 7) is 14.8. The third-order valence-corrected chi connectivity index (χ3v) is 3.27. The number of benzene rings is 2. The molecule has 0 saturated heterocycles. The predicted molar refractivity (Wildman–Crippen MR) is 117 cm³/mol. The van der Waals surface area contributed by atoms with E-state index in [-0.39, 0.29) is 18.6 Å². The van der Waals surface area contributed by atoms with E-state index in [9.17, 15) is 0 Å². The number of fused-ring (bicyclic) bond motifs is 1. The molecule has 3 aromatic rings. The molecular weight excluding hydrogens is 368 g/mol. The Hall–Kier alpha value is -1.77. The van der Waals surface area contributed by atoms with Crippen LogP contribution in [-0.4, -0.2) is 18.0 Å². The zero-order chi connectivity index (χ0) is 19.9. The van der Waals surface area contributed by atoms with Crippen molar-refractivity contribution >= 4 is 30.0 Å². The summed E-state index contributed by atoms with van der Waals surface area (Å²) in [7, 11) is 5.88. The summed E-state index contributed by atoms with van der Waals surface area (Å²) < 4.78 is 0. The van der Waals surface area contributed by atoms with Crippen LogP contribution in [0.25, 0.3) is 10.8 Å². The standard InChI is InChI=1S/C16H14BN3.3C2H6.V/c1-11-7-8-13-14(9-11)16(20-19-15(13)17)18-10-12-5-3-2-4-6-12;3*1-2;/h2-9H,10H2,1H3,(H,18,20);3*1-2H3;. The second-order valence-corrected chi connectivity index (χ2v) is 4.82. The Morgan fingerprint density at radius 1 is 0.815 bits per heavy atom. The average Bonchev–Trinajstić information content (AvgIpc) is 2.73. The van der Waals surface area contributed by atoms with Crippen molar-refractivity contribution in [1.29, 1.82) is 0 Å². The van der Waals surface area contributed by atoms with Crippen LogP contribution in [0.1, 0.15) is 52.7 Å². The van der Waals surface area contributed by atoms with Crippen molar-refractivity contribution in [3.05, 3.63) is 59.7 Å². The van der Waals surface area contributed by atoms with Gasteiger partial charge in [0.05, 0.1) is 0 Å². The van der Waals surface area contributed by atoms with E-state index in [0.717, 1.165) is 16.6 Å². The number of hydrogen-bond donors (Lipinski definition) is 1. The number of nitrogens with one attached hydrogen (secondary N) is 1. The minimum Gasteiger partial charge on any atom is -0.364 e. The third-order valence-electron chi connectivity index (χ3n) is 3.27. The van der Waals surface area contributed by atoms with Crippen molar-refractivity contribution in [2.75, 3.05) is 5.32 Å². The van der Waals surface area contributed by atoms with Crippen LogP contribution in [0, 0.1) is 6.92 Å². The molecule has 0 amide bonds. The Morgan fingerprint density at radius 3 is 2.00 bits per heavy atom. The maximum absolute atomic E-state index is 5.88. The number of aromatic nitrogens is 2. The van der Waals surface area contributed by atoms with Gasteiger partial charge in [-0.15, -0.1) is 5.10 Å². The molecule has 3 rings (SSSR count). The van der Waals surface area contributed by atoms with Gasteiger partial charge >= 0.3 is 0 Å². The molecule has 0 bridgehead atoms. The molecule has 1 N–H and O–H groups in total. The second kappa shape index (κ2) is 16.4. The summed E-state index contributed by atoms with van der Waals surface area (Å²) in [5.74, 6) is 0.766. The van der Waals surface area contributed by atoms with E-state index in [0.29, 0.717) is 12.1 Å². The number of anilines is 1. The Balaban J connectivity index is 0. The van der Waals surface area contributed by atoms with Gasteiger partial charge in [-0.05, 0) is 23.9 Å². The van der Waals surface area contributed by atoms with Crippen LogP contribution in [0.2, 0.25) is 0 Å². The summed E-state index contributed by atoms with van der Waals surface area (Å²) >= 11 is 0. The first-order valence-electron chi connectivity index (χ1n) is 9.54. The van der Waals surface area contributed by atoms with Crippen molar-refractivity contribution in [3.8, 4) is 0 Å². The minimum absolute atomic E-state index is 0. The van der Waals surface area contributed by atoms with Gasteiger partial charge in [0.25, 0.3) is 0 Å². The minimum atomic E-state index is 0. The van der Waals surface area contributed by atoms with Gasteiger partial charge in [0.2, 0.25) is 0 Å². The molecular formula is C22H32BN3V. The number of hydrogen-bond acceptors (Lipinski definition) is 3. The Morgan fingerprint density at radius 2 is 1.41 bits per heavy atom. The topological polar surface area (TPSA) is 37.8 Å². The molecule has 0 aliphatic carbocycles. The third kappa shape index (κ3) is 8.64. The quantitative estimate of drug-likeness (QED) is 0.597. The van der Waals surface area contributed by atoms with E-state index in [2.05, 4.69) is 40.6 Å². The molecule has 0 spiro atoms. The van der Waals surface area contributed by atoms with E-state index >= 15 is 0 Å². The molecule has 143 valence electrons. The summed E-state index contributed by atoms with van der Waals surface area (Å²) in [5, 5.41) is 13.5. The maximum atomic E-state index is 5.88. The van der Waals surface area contributed by atoms with Gasteiger partial charge in [0.15, 0.2) is 5.82 Å². The van der Waals surface area contributed by atoms with E-state index in [1.807, 2.05) is 71.9 Å². The summed E-state index contributed by atoms with van der Waals surface area (Å²) in [4.78, 5) is 0. The average molecular weight is 400 g/mol. The fourth-order valence-electron chi connectivity index (χ4n) is 2.20. The molecule has 3 nitrogen and oxygen atoms in total. The number of nitrogens with zero attached hydrogens (tertiary/aromatic N) is 2. The monoisotopic (exact) mass is 400 g/mol. The van der Waals surface area contributed by atoms with E-state index < -0.39 is 0 Å². The molecule has 0 aliphatic rings. The molecule has 2 aromatic carbocycles. The van der Waals surface area contributed by atoms with Gasteiger partial charge in [-0.25, -0.2) is 0 Å². The van der Waals surface area contributed by atoms with Crippen molar-refractivity contribution in [1.82, 2.24) is 10.2 Å². The van der Waals surface area contributed by atoms with Crippen LogP contribution in [-0.2, 0) is 25.1 Å². The zero-order valence-electron chi connectivity index (χ0n) is 17.7. The van der Waals surface area contributed by atoms with Gasteiger partial charge in [-0.1, -0.05) is 89.6 Å². The molecule has 0 unspecified atom stereocenters. The first-order chi connectivity index (χ1) is 12.7. The molecule has 1 aromatic heterocycles. The van der Waals surface area contributed by atoms with E-state index in [1.165, 1.54) is 11.1 Å². The van der Waals surface area contributed by atoms with Crippen molar-refractivity contribution in [3.63, 3.8) is 0 Å². The summed E-state index contributed by atoms with van der Waals surface area (Å²) in [5.41, 5.74) is 2.84. The van der Waals surface area contributed by atoms with E-state index in [4.69, 9.17) is 7.85 Å². The molecule has 0 atom stereocenters. The summed E-state index contributed by atoms with van der Waals surface area (Å²) in [6, 6.07) is 16.3. The fraction of sp³-hybridized carbons (Fsp3) is 0.364. The number of rotatable bonds is 3. The zero-order valence-corrected chi connectivity index (χ0v) is 19.1. The molecule has 3 radical (unpaired) electrons. The van der Waals surface area contributed by atoms with Gasteiger partial charge in [-0.3, -0.25) is 0 Å².